The Balaban J connectivity index is 2.32. The number of halogens is 1. The van der Waals surface area contributed by atoms with Gasteiger partial charge in [0.2, 0.25) is 10.5 Å². The van der Waals surface area contributed by atoms with Crippen molar-refractivity contribution in [3.63, 3.8) is 0 Å². The fourth-order valence-electron chi connectivity index (χ4n) is 2.07. The molecular formula is C12H11INS+. The Bertz CT molecular complexity index is 512. The van der Waals surface area contributed by atoms with E-state index in [-0.39, 0.29) is 0 Å². The maximum absolute atomic E-state index is 2.49. The lowest BCUT2D eigenvalue weighted by molar-refractivity contribution is -0.718. The number of hydrogen-bond donors (Lipinski definition) is 0. The van der Waals surface area contributed by atoms with Gasteiger partial charge < -0.3 is 0 Å². The number of alkyl halides is 1. The number of benzene rings is 1. The molecule has 1 nitrogen and oxygen atoms in total. The molecule has 2 aromatic rings. The molecule has 3 heteroatoms. The Morgan fingerprint density at radius 1 is 1.27 bits per heavy atom. The van der Waals surface area contributed by atoms with Crippen molar-refractivity contribution >= 4 is 45.3 Å². The van der Waals surface area contributed by atoms with E-state index in [2.05, 4.69) is 63.6 Å². The minimum atomic E-state index is 0.664. The van der Waals surface area contributed by atoms with E-state index in [0.29, 0.717) is 6.04 Å². The summed E-state index contributed by atoms with van der Waals surface area (Å²) in [7, 11) is 0. The van der Waals surface area contributed by atoms with E-state index >= 15 is 0 Å². The van der Waals surface area contributed by atoms with E-state index < -0.39 is 0 Å². The highest BCUT2D eigenvalue weighted by Crippen LogP contribution is 2.29. The summed E-state index contributed by atoms with van der Waals surface area (Å²) in [5.74, 6) is 1.22. The fraction of sp³-hybridized carbons (Fsp3) is 0.250. The summed E-state index contributed by atoms with van der Waals surface area (Å²) < 4.78 is 3.68. The smallest absolute Gasteiger partial charge is 0.182 e. The van der Waals surface area contributed by atoms with E-state index in [1.165, 1.54) is 26.1 Å². The molecule has 3 rings (SSSR count). The topological polar surface area (TPSA) is 3.88 Å². The molecule has 0 saturated carbocycles. The monoisotopic (exact) mass is 328 g/mol. The molecule has 1 aromatic carbocycles. The Labute approximate surface area is 107 Å². The van der Waals surface area contributed by atoms with Crippen LogP contribution in [0.25, 0.3) is 10.9 Å². The minimum Gasteiger partial charge on any atom is -0.182 e. The third-order valence-corrected chi connectivity index (χ3v) is 5.00. The maximum Gasteiger partial charge on any atom is 0.241 e. The highest BCUT2D eigenvalue weighted by atomic mass is 127. The lowest BCUT2D eigenvalue weighted by Crippen LogP contribution is -2.40. The average molecular weight is 328 g/mol. The van der Waals surface area contributed by atoms with Crippen LogP contribution in [-0.2, 0) is 0 Å². The Morgan fingerprint density at radius 3 is 3.00 bits per heavy atom. The largest absolute Gasteiger partial charge is 0.241 e. The zero-order chi connectivity index (χ0) is 10.3. The van der Waals surface area contributed by atoms with E-state index in [9.17, 15) is 0 Å². The standard InChI is InChI=1S/C12H11INS/c13-7-10-8-15-12-6-5-9-3-1-2-4-11(9)14(10)12/h1-6,10H,7-8H2/q+1. The molecule has 0 fully saturated rings. The van der Waals surface area contributed by atoms with Gasteiger partial charge in [-0.15, -0.1) is 0 Å². The summed E-state index contributed by atoms with van der Waals surface area (Å²) >= 11 is 4.46. The van der Waals surface area contributed by atoms with Crippen LogP contribution < -0.4 is 4.57 Å². The molecule has 2 heterocycles. The van der Waals surface area contributed by atoms with Crippen molar-refractivity contribution in [1.29, 1.82) is 0 Å². The van der Waals surface area contributed by atoms with Crippen molar-refractivity contribution < 1.29 is 4.57 Å². The zero-order valence-corrected chi connectivity index (χ0v) is 11.2. The minimum absolute atomic E-state index is 0.664. The van der Waals surface area contributed by atoms with Gasteiger partial charge in [0.15, 0.2) is 6.04 Å². The second-order valence-electron chi connectivity index (χ2n) is 3.72. The highest BCUT2D eigenvalue weighted by molar-refractivity contribution is 14.1. The van der Waals surface area contributed by atoms with Crippen LogP contribution in [0.5, 0.6) is 0 Å². The van der Waals surface area contributed by atoms with Crippen molar-refractivity contribution in [3.8, 4) is 0 Å². The number of hydrogen-bond acceptors (Lipinski definition) is 1. The molecule has 1 aromatic heterocycles. The van der Waals surface area contributed by atoms with E-state index in [0.717, 1.165) is 0 Å². The number of thioether (sulfide) groups is 1. The molecule has 0 spiro atoms. The number of aromatic nitrogens is 1. The first-order valence-corrected chi connectivity index (χ1v) is 7.53. The number of pyridine rings is 1. The van der Waals surface area contributed by atoms with Gasteiger partial charge in [0.1, 0.15) is 0 Å². The van der Waals surface area contributed by atoms with Crippen LogP contribution in [-0.4, -0.2) is 10.2 Å². The van der Waals surface area contributed by atoms with Crippen molar-refractivity contribution in [1.82, 2.24) is 0 Å². The van der Waals surface area contributed by atoms with E-state index in [1.807, 2.05) is 11.8 Å². The number of fused-ring (bicyclic) bond motifs is 3. The van der Waals surface area contributed by atoms with Crippen molar-refractivity contribution in [2.75, 3.05) is 10.2 Å². The summed E-state index contributed by atoms with van der Waals surface area (Å²) in [6, 6.07) is 13.8. The third-order valence-electron chi connectivity index (χ3n) is 2.81. The van der Waals surface area contributed by atoms with E-state index in [1.54, 1.807) is 0 Å². The van der Waals surface area contributed by atoms with Gasteiger partial charge in [0, 0.05) is 17.5 Å². The molecule has 1 aliphatic rings. The maximum atomic E-state index is 2.49. The van der Waals surface area contributed by atoms with Gasteiger partial charge in [-0.2, -0.15) is 4.57 Å². The Hall–Kier alpha value is -0.290. The first kappa shape index (κ1) is 9.90. The molecule has 15 heavy (non-hydrogen) atoms. The summed E-state index contributed by atoms with van der Waals surface area (Å²) in [6.07, 6.45) is 0. The third kappa shape index (κ3) is 1.56. The van der Waals surface area contributed by atoms with Crippen LogP contribution in [0.3, 0.4) is 0 Å². The predicted molar refractivity (Wildman–Crippen MR) is 72.8 cm³/mol. The molecule has 0 N–H and O–H groups in total. The lowest BCUT2D eigenvalue weighted by atomic mass is 10.2. The van der Waals surface area contributed by atoms with Crippen LogP contribution in [0.4, 0.5) is 0 Å². The molecule has 0 bridgehead atoms. The molecule has 0 aliphatic carbocycles. The summed E-state index contributed by atoms with van der Waals surface area (Å²) in [4.78, 5) is 0. The summed E-state index contributed by atoms with van der Waals surface area (Å²) in [6.45, 7) is 0. The van der Waals surface area contributed by atoms with Crippen LogP contribution in [0, 0.1) is 0 Å². The molecule has 0 radical (unpaired) electrons. The second-order valence-corrected chi connectivity index (χ2v) is 5.64. The molecule has 0 amide bonds. The van der Waals surface area contributed by atoms with Crippen molar-refractivity contribution in [2.45, 2.75) is 11.1 Å². The van der Waals surface area contributed by atoms with Crippen molar-refractivity contribution in [3.05, 3.63) is 36.4 Å². The molecule has 1 unspecified atom stereocenters. The Kier molecular flexibility index (Phi) is 2.60. The fourth-order valence-corrected chi connectivity index (χ4v) is 4.38. The quantitative estimate of drug-likeness (QED) is 0.442. The van der Waals surface area contributed by atoms with E-state index in [4.69, 9.17) is 0 Å². The molecular weight excluding hydrogens is 317 g/mol. The second kappa shape index (κ2) is 3.94. The predicted octanol–water partition coefficient (Wildman–Crippen LogP) is 3.21. The molecule has 1 atom stereocenters. The van der Waals surface area contributed by atoms with Gasteiger partial charge in [-0.3, -0.25) is 0 Å². The van der Waals surface area contributed by atoms with Gasteiger partial charge in [0.05, 0.1) is 10.2 Å². The summed E-state index contributed by atoms with van der Waals surface area (Å²) in [5.41, 5.74) is 1.38. The highest BCUT2D eigenvalue weighted by Gasteiger charge is 2.32. The summed E-state index contributed by atoms with van der Waals surface area (Å²) in [5, 5.41) is 2.76. The Morgan fingerprint density at radius 2 is 2.13 bits per heavy atom. The zero-order valence-electron chi connectivity index (χ0n) is 8.19. The van der Waals surface area contributed by atoms with Crippen LogP contribution in [0.15, 0.2) is 41.4 Å². The average Bonchev–Trinajstić information content (AvgIpc) is 2.72. The normalized spacial score (nSPS) is 19.4. The molecule has 0 saturated heterocycles. The first-order valence-electron chi connectivity index (χ1n) is 5.02. The van der Waals surface area contributed by atoms with Crippen molar-refractivity contribution in [2.24, 2.45) is 0 Å². The van der Waals surface area contributed by atoms with Gasteiger partial charge in [-0.1, -0.05) is 46.5 Å². The van der Waals surface area contributed by atoms with Gasteiger partial charge in [-0.05, 0) is 12.1 Å². The van der Waals surface area contributed by atoms with Crippen LogP contribution in [0.1, 0.15) is 6.04 Å². The molecule has 1 aliphatic heterocycles. The number of rotatable bonds is 1. The van der Waals surface area contributed by atoms with Crippen LogP contribution >= 0.6 is 34.4 Å². The lowest BCUT2D eigenvalue weighted by Gasteiger charge is -2.04. The van der Waals surface area contributed by atoms with Gasteiger partial charge >= 0.3 is 0 Å². The number of para-hydroxylation sites is 1. The van der Waals surface area contributed by atoms with Crippen LogP contribution in [0.2, 0.25) is 0 Å². The SMILES string of the molecule is ICC1CSc2ccc3ccccc3[n+]21. The van der Waals surface area contributed by atoms with Gasteiger partial charge in [-0.25, -0.2) is 0 Å². The molecule has 76 valence electrons. The first-order chi connectivity index (χ1) is 7.40. The number of nitrogens with zero attached hydrogens (tertiary/aromatic N) is 1. The van der Waals surface area contributed by atoms with Gasteiger partial charge in [0.25, 0.3) is 0 Å².